The zero-order valence-electron chi connectivity index (χ0n) is 17.1. The van der Waals surface area contributed by atoms with Gasteiger partial charge in [-0.3, -0.25) is 14.8 Å². The fourth-order valence-corrected chi connectivity index (χ4v) is 4.09. The predicted molar refractivity (Wildman–Crippen MR) is 112 cm³/mol. The lowest BCUT2D eigenvalue weighted by molar-refractivity contribution is 0.0683. The smallest absolute Gasteiger partial charge is 0.255 e. The monoisotopic (exact) mass is 389 g/mol. The SMILES string of the molecule is Cc1ncccc1C(=O)N1CCC(CCn2c(C)cnc2-c2ccncc2)CC1. The number of carbonyl (C=O) groups is 1. The van der Waals surface area contributed by atoms with E-state index in [2.05, 4.69) is 26.4 Å². The lowest BCUT2D eigenvalue weighted by Crippen LogP contribution is -2.39. The molecule has 0 unspecified atom stereocenters. The summed E-state index contributed by atoms with van der Waals surface area (Å²) in [4.78, 5) is 27.7. The standard InChI is InChI=1S/C23H27N5O/c1-17-16-26-22(20-5-11-24-12-6-20)28(17)15-9-19-7-13-27(14-8-19)23(29)21-4-3-10-25-18(21)2/h3-6,10-12,16,19H,7-9,13-15H2,1-2H3. The highest BCUT2D eigenvalue weighted by atomic mass is 16.2. The summed E-state index contributed by atoms with van der Waals surface area (Å²) in [6.07, 6.45) is 10.5. The van der Waals surface area contributed by atoms with Crippen LogP contribution in [0.4, 0.5) is 0 Å². The van der Waals surface area contributed by atoms with Gasteiger partial charge in [0.15, 0.2) is 0 Å². The molecule has 3 aromatic heterocycles. The van der Waals surface area contributed by atoms with Crippen LogP contribution in [-0.2, 0) is 6.54 Å². The summed E-state index contributed by atoms with van der Waals surface area (Å²) in [6, 6.07) is 7.71. The van der Waals surface area contributed by atoms with Crippen LogP contribution in [0.15, 0.2) is 49.1 Å². The summed E-state index contributed by atoms with van der Waals surface area (Å²) in [5.41, 5.74) is 3.80. The molecule has 0 N–H and O–H groups in total. The molecule has 0 saturated carbocycles. The molecular formula is C23H27N5O. The highest BCUT2D eigenvalue weighted by Gasteiger charge is 2.25. The van der Waals surface area contributed by atoms with Crippen LogP contribution < -0.4 is 0 Å². The van der Waals surface area contributed by atoms with Crippen molar-refractivity contribution in [2.24, 2.45) is 5.92 Å². The van der Waals surface area contributed by atoms with Crippen LogP contribution >= 0.6 is 0 Å². The van der Waals surface area contributed by atoms with E-state index in [-0.39, 0.29) is 5.91 Å². The number of imidazole rings is 1. The second-order valence-electron chi connectivity index (χ2n) is 7.77. The summed E-state index contributed by atoms with van der Waals surface area (Å²) in [7, 11) is 0. The van der Waals surface area contributed by atoms with Gasteiger partial charge in [-0.15, -0.1) is 0 Å². The number of amides is 1. The van der Waals surface area contributed by atoms with Crippen molar-refractivity contribution in [1.82, 2.24) is 24.4 Å². The van der Waals surface area contributed by atoms with Crippen molar-refractivity contribution in [2.75, 3.05) is 13.1 Å². The number of aryl methyl sites for hydroxylation is 2. The van der Waals surface area contributed by atoms with E-state index in [1.54, 1.807) is 18.6 Å². The number of piperidine rings is 1. The molecule has 6 heteroatoms. The molecule has 0 aliphatic carbocycles. The zero-order valence-corrected chi connectivity index (χ0v) is 17.1. The maximum Gasteiger partial charge on any atom is 0.255 e. The number of likely N-dealkylation sites (tertiary alicyclic amines) is 1. The van der Waals surface area contributed by atoms with Crippen molar-refractivity contribution in [3.8, 4) is 11.4 Å². The van der Waals surface area contributed by atoms with E-state index < -0.39 is 0 Å². The Bertz CT molecular complexity index is 974. The van der Waals surface area contributed by atoms with Crippen LogP contribution in [0.5, 0.6) is 0 Å². The molecule has 6 nitrogen and oxygen atoms in total. The van der Waals surface area contributed by atoms with E-state index in [0.29, 0.717) is 5.92 Å². The second-order valence-corrected chi connectivity index (χ2v) is 7.77. The van der Waals surface area contributed by atoms with Crippen molar-refractivity contribution in [2.45, 2.75) is 39.7 Å². The highest BCUT2D eigenvalue weighted by molar-refractivity contribution is 5.95. The van der Waals surface area contributed by atoms with Gasteiger partial charge in [0.05, 0.1) is 5.56 Å². The minimum Gasteiger partial charge on any atom is -0.339 e. The van der Waals surface area contributed by atoms with Crippen LogP contribution in [0.2, 0.25) is 0 Å². The summed E-state index contributed by atoms with van der Waals surface area (Å²) in [5.74, 6) is 1.74. The van der Waals surface area contributed by atoms with Gasteiger partial charge in [-0.05, 0) is 63.3 Å². The van der Waals surface area contributed by atoms with Gasteiger partial charge in [0.25, 0.3) is 5.91 Å². The van der Waals surface area contributed by atoms with Crippen LogP contribution in [-0.4, -0.2) is 43.4 Å². The van der Waals surface area contributed by atoms with Gasteiger partial charge in [0.2, 0.25) is 0 Å². The summed E-state index contributed by atoms with van der Waals surface area (Å²) >= 11 is 0. The molecule has 4 rings (SSSR count). The van der Waals surface area contributed by atoms with Crippen molar-refractivity contribution < 1.29 is 4.79 Å². The highest BCUT2D eigenvalue weighted by Crippen LogP contribution is 2.25. The van der Waals surface area contributed by atoms with Crippen LogP contribution in [0.25, 0.3) is 11.4 Å². The molecule has 150 valence electrons. The van der Waals surface area contributed by atoms with Crippen molar-refractivity contribution in [3.63, 3.8) is 0 Å². The first-order valence-corrected chi connectivity index (χ1v) is 10.3. The molecule has 1 amide bonds. The molecule has 1 aliphatic heterocycles. The minimum atomic E-state index is 0.111. The van der Waals surface area contributed by atoms with Crippen LogP contribution in [0, 0.1) is 19.8 Å². The third-order valence-corrected chi connectivity index (χ3v) is 5.89. The fraction of sp³-hybridized carbons (Fsp3) is 0.391. The number of pyridine rings is 2. The molecule has 29 heavy (non-hydrogen) atoms. The fourth-order valence-electron chi connectivity index (χ4n) is 4.09. The predicted octanol–water partition coefficient (Wildman–Crippen LogP) is 3.90. The first kappa shape index (κ1) is 19.3. The third-order valence-electron chi connectivity index (χ3n) is 5.89. The number of aromatic nitrogens is 4. The Morgan fingerprint density at radius 3 is 2.55 bits per heavy atom. The number of hydrogen-bond donors (Lipinski definition) is 0. The van der Waals surface area contributed by atoms with E-state index in [9.17, 15) is 4.79 Å². The number of rotatable bonds is 5. The molecule has 4 heterocycles. The van der Waals surface area contributed by atoms with Crippen LogP contribution in [0.1, 0.15) is 41.0 Å². The summed E-state index contributed by atoms with van der Waals surface area (Å²) in [6.45, 7) is 6.59. The lowest BCUT2D eigenvalue weighted by Gasteiger charge is -2.32. The summed E-state index contributed by atoms with van der Waals surface area (Å²) in [5, 5.41) is 0. The average molecular weight is 390 g/mol. The Morgan fingerprint density at radius 2 is 1.83 bits per heavy atom. The number of hydrogen-bond acceptors (Lipinski definition) is 4. The molecule has 0 bridgehead atoms. The van der Waals surface area contributed by atoms with Crippen molar-refractivity contribution in [1.29, 1.82) is 0 Å². The van der Waals surface area contributed by atoms with Gasteiger partial charge in [0.1, 0.15) is 5.82 Å². The Balaban J connectivity index is 1.35. The topological polar surface area (TPSA) is 63.9 Å². The largest absolute Gasteiger partial charge is 0.339 e. The molecule has 0 atom stereocenters. The second kappa shape index (κ2) is 8.55. The van der Waals surface area contributed by atoms with Gasteiger partial charge in [0, 0.05) is 61.4 Å². The average Bonchev–Trinajstić information content (AvgIpc) is 3.13. The first-order chi connectivity index (χ1) is 14.1. The Hall–Kier alpha value is -3.02. The lowest BCUT2D eigenvalue weighted by atomic mass is 9.93. The molecule has 0 radical (unpaired) electrons. The Morgan fingerprint density at radius 1 is 1.07 bits per heavy atom. The first-order valence-electron chi connectivity index (χ1n) is 10.3. The summed E-state index contributed by atoms with van der Waals surface area (Å²) < 4.78 is 2.30. The van der Waals surface area contributed by atoms with Crippen LogP contribution in [0.3, 0.4) is 0 Å². The molecule has 1 aliphatic rings. The molecule has 1 saturated heterocycles. The maximum absolute atomic E-state index is 12.8. The van der Waals surface area contributed by atoms with Gasteiger partial charge in [-0.25, -0.2) is 4.98 Å². The van der Waals surface area contributed by atoms with E-state index in [1.807, 2.05) is 42.3 Å². The molecular weight excluding hydrogens is 362 g/mol. The minimum absolute atomic E-state index is 0.111. The van der Waals surface area contributed by atoms with Crippen molar-refractivity contribution in [3.05, 3.63) is 66.0 Å². The number of nitrogens with zero attached hydrogens (tertiary/aromatic N) is 5. The van der Waals surface area contributed by atoms with Gasteiger partial charge < -0.3 is 9.47 Å². The van der Waals surface area contributed by atoms with Gasteiger partial charge >= 0.3 is 0 Å². The number of carbonyl (C=O) groups excluding carboxylic acids is 1. The van der Waals surface area contributed by atoms with E-state index >= 15 is 0 Å². The van der Waals surface area contributed by atoms with Crippen molar-refractivity contribution >= 4 is 5.91 Å². The Labute approximate surface area is 171 Å². The Kier molecular flexibility index (Phi) is 5.69. The van der Waals surface area contributed by atoms with Gasteiger partial charge in [-0.2, -0.15) is 0 Å². The molecule has 0 spiro atoms. The zero-order chi connectivity index (χ0) is 20.2. The van der Waals surface area contributed by atoms with E-state index in [0.717, 1.165) is 61.5 Å². The molecule has 1 fully saturated rings. The molecule has 3 aromatic rings. The molecule has 0 aromatic carbocycles. The quantitative estimate of drug-likeness (QED) is 0.664. The maximum atomic E-state index is 12.8. The third kappa shape index (κ3) is 4.21. The van der Waals surface area contributed by atoms with E-state index in [4.69, 9.17) is 0 Å². The normalized spacial score (nSPS) is 14.9. The van der Waals surface area contributed by atoms with E-state index in [1.165, 1.54) is 5.69 Å². The van der Waals surface area contributed by atoms with Gasteiger partial charge in [-0.1, -0.05) is 0 Å².